The van der Waals surface area contributed by atoms with Crippen molar-refractivity contribution in [2.45, 2.75) is 38.1 Å². The summed E-state index contributed by atoms with van der Waals surface area (Å²) in [6.45, 7) is 7.34. The van der Waals surface area contributed by atoms with E-state index in [9.17, 15) is 8.42 Å². The van der Waals surface area contributed by atoms with Crippen molar-refractivity contribution < 1.29 is 13.2 Å². The molecule has 0 radical (unpaired) electrons. The number of ether oxygens (including phenoxy) is 1. The first kappa shape index (κ1) is 19.7. The third kappa shape index (κ3) is 7.04. The molecule has 1 aliphatic carbocycles. The molecule has 1 fully saturated rings. The summed E-state index contributed by atoms with van der Waals surface area (Å²) >= 11 is 0. The molecule has 1 saturated carbocycles. The van der Waals surface area contributed by atoms with Crippen molar-refractivity contribution in [1.82, 2.24) is 10.6 Å². The van der Waals surface area contributed by atoms with Gasteiger partial charge in [0.25, 0.3) is 0 Å². The molecule has 25 heavy (non-hydrogen) atoms. The van der Waals surface area contributed by atoms with Crippen LogP contribution in [-0.2, 0) is 21.1 Å². The van der Waals surface area contributed by atoms with Crippen LogP contribution in [0.25, 0.3) is 0 Å². The van der Waals surface area contributed by atoms with E-state index in [2.05, 4.69) is 15.6 Å². The standard InChI is InChI=1S/C18H29N3O3S/c1-4-19-18(20-9-10-24-13-15-5-6-15)21-12-16-7-8-17(14(2)11-16)25(3,22)23/h7-8,11,15H,4-6,9-10,12-13H2,1-3H3,(H2,19,20,21). The van der Waals surface area contributed by atoms with Gasteiger partial charge in [-0.05, 0) is 49.8 Å². The summed E-state index contributed by atoms with van der Waals surface area (Å²) in [6.07, 6.45) is 3.83. The molecule has 2 N–H and O–H groups in total. The summed E-state index contributed by atoms with van der Waals surface area (Å²) in [4.78, 5) is 4.92. The summed E-state index contributed by atoms with van der Waals surface area (Å²) in [5.41, 5.74) is 1.73. The summed E-state index contributed by atoms with van der Waals surface area (Å²) in [6, 6.07) is 5.35. The largest absolute Gasteiger partial charge is 0.379 e. The van der Waals surface area contributed by atoms with Crippen LogP contribution in [0.3, 0.4) is 0 Å². The van der Waals surface area contributed by atoms with Gasteiger partial charge in [-0.15, -0.1) is 0 Å². The molecule has 2 rings (SSSR count). The fraction of sp³-hybridized carbons (Fsp3) is 0.611. The predicted octanol–water partition coefficient (Wildman–Crippen LogP) is 1.88. The van der Waals surface area contributed by atoms with Crippen molar-refractivity contribution in [2.24, 2.45) is 10.9 Å². The highest BCUT2D eigenvalue weighted by Gasteiger charge is 2.20. The zero-order valence-corrected chi connectivity index (χ0v) is 16.2. The molecule has 1 aromatic carbocycles. The lowest BCUT2D eigenvalue weighted by Crippen LogP contribution is -2.39. The summed E-state index contributed by atoms with van der Waals surface area (Å²) < 4.78 is 29.0. The number of rotatable bonds is 9. The zero-order valence-electron chi connectivity index (χ0n) is 15.3. The van der Waals surface area contributed by atoms with Gasteiger partial charge in [-0.1, -0.05) is 12.1 Å². The first-order valence-corrected chi connectivity index (χ1v) is 10.7. The van der Waals surface area contributed by atoms with Gasteiger partial charge in [-0.2, -0.15) is 0 Å². The Morgan fingerprint density at radius 1 is 1.32 bits per heavy atom. The summed E-state index contributed by atoms with van der Waals surface area (Å²) in [5, 5.41) is 6.46. The Balaban J connectivity index is 1.87. The second-order valence-electron chi connectivity index (χ2n) is 6.51. The Morgan fingerprint density at radius 2 is 2.08 bits per heavy atom. The third-order valence-electron chi connectivity index (χ3n) is 3.99. The van der Waals surface area contributed by atoms with Gasteiger partial charge in [0.15, 0.2) is 15.8 Å². The molecule has 0 aliphatic heterocycles. The van der Waals surface area contributed by atoms with Crippen molar-refractivity contribution >= 4 is 15.8 Å². The van der Waals surface area contributed by atoms with Gasteiger partial charge in [0.2, 0.25) is 0 Å². The maximum atomic E-state index is 11.7. The number of hydrogen-bond acceptors (Lipinski definition) is 4. The van der Waals surface area contributed by atoms with Gasteiger partial charge in [-0.25, -0.2) is 13.4 Å². The molecule has 0 heterocycles. The molecule has 0 amide bonds. The molecule has 0 spiro atoms. The van der Waals surface area contributed by atoms with Crippen molar-refractivity contribution in [3.05, 3.63) is 29.3 Å². The Kier molecular flexibility index (Phi) is 7.25. The number of hydrogen-bond donors (Lipinski definition) is 2. The second kappa shape index (κ2) is 9.20. The van der Waals surface area contributed by atoms with E-state index in [1.165, 1.54) is 19.1 Å². The molecular formula is C18H29N3O3S. The lowest BCUT2D eigenvalue weighted by molar-refractivity contribution is 0.129. The van der Waals surface area contributed by atoms with E-state index in [0.717, 1.165) is 36.2 Å². The first-order chi connectivity index (χ1) is 11.9. The molecule has 1 aromatic rings. The average Bonchev–Trinajstić information content (AvgIpc) is 3.35. The summed E-state index contributed by atoms with van der Waals surface area (Å²) in [5.74, 6) is 1.52. The molecule has 140 valence electrons. The van der Waals surface area contributed by atoms with Gasteiger partial charge in [-0.3, -0.25) is 0 Å². The molecule has 1 aliphatic rings. The molecular weight excluding hydrogens is 338 g/mol. The monoisotopic (exact) mass is 367 g/mol. The van der Waals surface area contributed by atoms with Crippen LogP contribution < -0.4 is 10.6 Å². The van der Waals surface area contributed by atoms with Crippen LogP contribution >= 0.6 is 0 Å². The van der Waals surface area contributed by atoms with Crippen LogP contribution in [0.5, 0.6) is 0 Å². The first-order valence-electron chi connectivity index (χ1n) is 8.79. The van der Waals surface area contributed by atoms with E-state index >= 15 is 0 Å². The molecule has 0 aromatic heterocycles. The fourth-order valence-electron chi connectivity index (χ4n) is 2.51. The van der Waals surface area contributed by atoms with E-state index in [4.69, 9.17) is 4.74 Å². The van der Waals surface area contributed by atoms with Crippen LogP contribution in [-0.4, -0.2) is 46.9 Å². The van der Waals surface area contributed by atoms with Crippen molar-refractivity contribution in [3.63, 3.8) is 0 Å². The lowest BCUT2D eigenvalue weighted by atomic mass is 10.1. The number of nitrogens with one attached hydrogen (secondary N) is 2. The SMILES string of the molecule is CCNC(=NCc1ccc(S(C)(=O)=O)c(C)c1)NCCOCC1CC1. The van der Waals surface area contributed by atoms with E-state index in [-0.39, 0.29) is 0 Å². The van der Waals surface area contributed by atoms with Crippen molar-refractivity contribution in [2.75, 3.05) is 32.6 Å². The minimum absolute atomic E-state index is 0.373. The number of benzene rings is 1. The topological polar surface area (TPSA) is 79.8 Å². The molecule has 7 heteroatoms. The Bertz CT molecular complexity index is 698. The molecule has 0 bridgehead atoms. The maximum Gasteiger partial charge on any atom is 0.191 e. The highest BCUT2D eigenvalue weighted by molar-refractivity contribution is 7.90. The highest BCUT2D eigenvalue weighted by Crippen LogP contribution is 2.28. The van der Waals surface area contributed by atoms with Crippen LogP contribution in [0.4, 0.5) is 0 Å². The minimum Gasteiger partial charge on any atom is -0.379 e. The van der Waals surface area contributed by atoms with E-state index in [1.54, 1.807) is 6.07 Å². The number of aliphatic imine (C=N–C) groups is 1. The predicted molar refractivity (Wildman–Crippen MR) is 101 cm³/mol. The Morgan fingerprint density at radius 3 is 2.68 bits per heavy atom. The smallest absolute Gasteiger partial charge is 0.191 e. The second-order valence-corrected chi connectivity index (χ2v) is 8.50. The molecule has 0 unspecified atom stereocenters. The normalized spacial score (nSPS) is 15.2. The Hall–Kier alpha value is -1.60. The maximum absolute atomic E-state index is 11.7. The number of guanidine groups is 1. The van der Waals surface area contributed by atoms with Crippen molar-refractivity contribution in [1.29, 1.82) is 0 Å². The van der Waals surface area contributed by atoms with E-state index in [1.807, 2.05) is 26.0 Å². The van der Waals surface area contributed by atoms with Gasteiger partial charge in [0, 0.05) is 26.0 Å². The van der Waals surface area contributed by atoms with Gasteiger partial charge in [0.1, 0.15) is 0 Å². The number of sulfone groups is 1. The highest BCUT2D eigenvalue weighted by atomic mass is 32.2. The van der Waals surface area contributed by atoms with Gasteiger partial charge >= 0.3 is 0 Å². The van der Waals surface area contributed by atoms with Crippen LogP contribution in [0.15, 0.2) is 28.1 Å². The number of nitrogens with zero attached hydrogens (tertiary/aromatic N) is 1. The van der Waals surface area contributed by atoms with Crippen molar-refractivity contribution in [3.8, 4) is 0 Å². The zero-order chi connectivity index (χ0) is 18.3. The molecule has 6 nitrogen and oxygen atoms in total. The Labute approximate surface area is 151 Å². The van der Waals surface area contributed by atoms with Crippen LogP contribution in [0.2, 0.25) is 0 Å². The molecule has 0 saturated heterocycles. The molecule has 0 atom stereocenters. The quantitative estimate of drug-likeness (QED) is 0.396. The van der Waals surface area contributed by atoms with Gasteiger partial charge in [0.05, 0.1) is 18.0 Å². The minimum atomic E-state index is -3.18. The van der Waals surface area contributed by atoms with E-state index < -0.39 is 9.84 Å². The van der Waals surface area contributed by atoms with E-state index in [0.29, 0.717) is 24.6 Å². The lowest BCUT2D eigenvalue weighted by Gasteiger charge is -2.12. The third-order valence-corrected chi connectivity index (χ3v) is 5.25. The summed E-state index contributed by atoms with van der Waals surface area (Å²) in [7, 11) is -3.18. The van der Waals surface area contributed by atoms with Crippen LogP contribution in [0, 0.1) is 12.8 Å². The van der Waals surface area contributed by atoms with Gasteiger partial charge < -0.3 is 15.4 Å². The average molecular weight is 368 g/mol. The van der Waals surface area contributed by atoms with Crippen LogP contribution in [0.1, 0.15) is 30.9 Å². The number of aryl methyl sites for hydroxylation is 1. The fourth-order valence-corrected chi connectivity index (χ4v) is 3.47.